The molecule has 0 spiro atoms. The van der Waals surface area contributed by atoms with E-state index in [0.717, 1.165) is 24.1 Å². The highest BCUT2D eigenvalue weighted by atomic mass is 32.2. The van der Waals surface area contributed by atoms with Gasteiger partial charge in [0.05, 0.1) is 0 Å². The summed E-state index contributed by atoms with van der Waals surface area (Å²) in [5, 5.41) is 7.15. The molecule has 0 saturated heterocycles. The van der Waals surface area contributed by atoms with Crippen LogP contribution in [0.25, 0.3) is 0 Å². The van der Waals surface area contributed by atoms with Crippen molar-refractivity contribution >= 4 is 23.1 Å². The number of nitrogens with one attached hydrogen (secondary N) is 1. The monoisotopic (exact) mass is 362 g/mol. The molecule has 0 unspecified atom stereocenters. The first-order chi connectivity index (χ1) is 11.9. The van der Waals surface area contributed by atoms with Crippen molar-refractivity contribution in [2.24, 2.45) is 16.8 Å². The highest BCUT2D eigenvalue weighted by Gasteiger charge is 2.04. The highest BCUT2D eigenvalue weighted by molar-refractivity contribution is 8.13. The second-order valence-corrected chi connectivity index (χ2v) is 7.10. The predicted molar refractivity (Wildman–Crippen MR) is 100 cm³/mol. The topological polar surface area (TPSA) is 52.3 Å². The van der Waals surface area contributed by atoms with E-state index in [9.17, 15) is 8.78 Å². The zero-order valence-corrected chi connectivity index (χ0v) is 15.1. The van der Waals surface area contributed by atoms with Crippen molar-refractivity contribution in [1.29, 1.82) is 0 Å². The van der Waals surface area contributed by atoms with Gasteiger partial charge >= 0.3 is 0 Å². The Labute approximate surface area is 151 Å². The number of thioether (sulfide) groups is 1. The van der Waals surface area contributed by atoms with Crippen LogP contribution in [0.15, 0.2) is 47.6 Å². The van der Waals surface area contributed by atoms with E-state index < -0.39 is 11.6 Å². The van der Waals surface area contributed by atoms with E-state index in [4.69, 9.17) is 5.73 Å². The first-order valence-electron chi connectivity index (χ1n) is 8.01. The minimum atomic E-state index is -0.860. The van der Waals surface area contributed by atoms with E-state index >= 15 is 0 Å². The molecule has 0 atom stereocenters. The molecule has 0 aliphatic carbocycles. The molecule has 0 radical (unpaired) electrons. The zero-order valence-electron chi connectivity index (χ0n) is 14.3. The number of benzene rings is 2. The van der Waals surface area contributed by atoms with Gasteiger partial charge in [0.15, 0.2) is 11.6 Å². The van der Waals surface area contributed by atoms with Gasteiger partial charge in [-0.25, -0.2) is 8.78 Å². The van der Waals surface area contributed by atoms with E-state index in [1.54, 1.807) is 6.21 Å². The van der Waals surface area contributed by atoms with E-state index in [0.29, 0.717) is 22.4 Å². The summed E-state index contributed by atoms with van der Waals surface area (Å²) in [6.07, 6.45) is 2.81. The lowest BCUT2D eigenvalue weighted by atomic mass is 10.0. The Kier molecular flexibility index (Phi) is 7.13. The number of nitrogens with zero attached hydrogens (tertiary/aromatic N) is 1. The van der Waals surface area contributed by atoms with Crippen LogP contribution in [0.2, 0.25) is 0 Å². The van der Waals surface area contributed by atoms with Gasteiger partial charge in [-0.1, -0.05) is 43.8 Å². The van der Waals surface area contributed by atoms with Crippen molar-refractivity contribution in [3.8, 4) is 0 Å². The van der Waals surface area contributed by atoms with Crippen LogP contribution in [0.3, 0.4) is 0 Å². The number of halogens is 2. The molecule has 0 amide bonds. The van der Waals surface area contributed by atoms with Crippen LogP contribution in [-0.4, -0.2) is 11.4 Å². The van der Waals surface area contributed by atoms with Gasteiger partial charge in [-0.3, -0.25) is 0 Å². The fourth-order valence-corrected chi connectivity index (χ4v) is 2.82. The maximum Gasteiger partial charge on any atom is 0.226 e. The second kappa shape index (κ2) is 9.32. The summed E-state index contributed by atoms with van der Waals surface area (Å²) in [4.78, 5) is 0. The third-order valence-electron chi connectivity index (χ3n) is 3.40. The number of amidine groups is 1. The number of hydrazone groups is 1. The summed E-state index contributed by atoms with van der Waals surface area (Å²) >= 11 is 1.24. The van der Waals surface area contributed by atoms with Crippen LogP contribution in [0.5, 0.6) is 0 Å². The Balaban J connectivity index is 1.87. The zero-order chi connectivity index (χ0) is 18.2. The van der Waals surface area contributed by atoms with Gasteiger partial charge in [-0.2, -0.15) is 0 Å². The average Bonchev–Trinajstić information content (AvgIpc) is 2.57. The lowest BCUT2D eigenvalue weighted by Crippen LogP contribution is -2.62. The Morgan fingerprint density at radius 1 is 1.12 bits per heavy atom. The third kappa shape index (κ3) is 6.66. The molecule has 6 heteroatoms. The van der Waals surface area contributed by atoms with Gasteiger partial charge in [-0.05, 0) is 47.7 Å². The molecular formula is C19H22F2N3S+. The smallest absolute Gasteiger partial charge is 0.226 e. The van der Waals surface area contributed by atoms with Crippen molar-refractivity contribution < 1.29 is 13.9 Å². The first-order valence-corrected chi connectivity index (χ1v) is 9.00. The summed E-state index contributed by atoms with van der Waals surface area (Å²) in [5.41, 5.74) is 8.74. The van der Waals surface area contributed by atoms with Crippen molar-refractivity contribution in [3.05, 3.63) is 70.8 Å². The van der Waals surface area contributed by atoms with Gasteiger partial charge in [0, 0.05) is 16.4 Å². The fraction of sp³-hybridized carbons (Fsp3) is 0.263. The highest BCUT2D eigenvalue weighted by Crippen LogP contribution is 2.15. The molecule has 0 aliphatic rings. The standard InChI is InChI=1S/C19H21F2N3S/c1-13(2)9-14-3-5-15(6-4-14)11-23-24-19(22)25-12-16-7-8-17(20)18(21)10-16/h3-8,10-11,13H,9,12H2,1-2H3,(H2,22,24)/p+1. The van der Waals surface area contributed by atoms with Crippen LogP contribution >= 0.6 is 11.8 Å². The van der Waals surface area contributed by atoms with E-state index in [1.807, 2.05) is 12.1 Å². The summed E-state index contributed by atoms with van der Waals surface area (Å²) in [7, 11) is 0. The van der Waals surface area contributed by atoms with E-state index in [1.165, 1.54) is 23.4 Å². The maximum atomic E-state index is 13.1. The molecule has 0 fully saturated rings. The summed E-state index contributed by atoms with van der Waals surface area (Å²) in [6.45, 7) is 4.38. The van der Waals surface area contributed by atoms with Crippen LogP contribution in [-0.2, 0) is 12.2 Å². The molecule has 0 bridgehead atoms. The third-order valence-corrected chi connectivity index (χ3v) is 4.27. The Hall–Kier alpha value is -2.21. The molecule has 2 rings (SSSR count). The molecule has 25 heavy (non-hydrogen) atoms. The van der Waals surface area contributed by atoms with Crippen molar-refractivity contribution in [3.63, 3.8) is 0 Å². The SMILES string of the molecule is CC(C)Cc1ccc(C=[NH+]N=C(N)SCc2ccc(F)c(F)c2)cc1. The van der Waals surface area contributed by atoms with Gasteiger partial charge in [-0.15, -0.1) is 5.10 Å². The van der Waals surface area contributed by atoms with E-state index in [2.05, 4.69) is 36.2 Å². The lowest BCUT2D eigenvalue weighted by molar-refractivity contribution is -0.456. The molecule has 3 nitrogen and oxygen atoms in total. The molecule has 3 N–H and O–H groups in total. The summed E-state index contributed by atoms with van der Waals surface area (Å²) in [5.74, 6) is -0.672. The number of hydrogen-bond acceptors (Lipinski definition) is 2. The minimum absolute atomic E-state index is 0.317. The molecule has 0 aromatic heterocycles. The Morgan fingerprint density at radius 3 is 2.44 bits per heavy atom. The maximum absolute atomic E-state index is 13.1. The van der Waals surface area contributed by atoms with Crippen molar-refractivity contribution in [2.45, 2.75) is 26.0 Å². The number of hydrogen-bond donors (Lipinski definition) is 2. The minimum Gasteiger partial charge on any atom is -0.373 e. The molecule has 2 aromatic carbocycles. The number of nitrogens with two attached hydrogens (primary N) is 1. The predicted octanol–water partition coefficient (Wildman–Crippen LogP) is 2.83. The van der Waals surface area contributed by atoms with Crippen LogP contribution in [0.4, 0.5) is 8.78 Å². The van der Waals surface area contributed by atoms with Gasteiger partial charge in [0.2, 0.25) is 11.4 Å². The quantitative estimate of drug-likeness (QED) is 0.472. The van der Waals surface area contributed by atoms with E-state index in [-0.39, 0.29) is 0 Å². The molecule has 0 saturated carbocycles. The Morgan fingerprint density at radius 2 is 1.80 bits per heavy atom. The largest absolute Gasteiger partial charge is 0.373 e. The molecular weight excluding hydrogens is 340 g/mol. The lowest BCUT2D eigenvalue weighted by Gasteiger charge is -2.03. The molecule has 2 aromatic rings. The second-order valence-electron chi connectivity index (χ2n) is 6.10. The fourth-order valence-electron chi connectivity index (χ4n) is 2.21. The van der Waals surface area contributed by atoms with Crippen molar-refractivity contribution in [1.82, 2.24) is 0 Å². The van der Waals surface area contributed by atoms with Crippen molar-refractivity contribution in [2.75, 3.05) is 0 Å². The van der Waals surface area contributed by atoms with Crippen LogP contribution < -0.4 is 10.8 Å². The van der Waals surface area contributed by atoms with Crippen LogP contribution in [0, 0.1) is 17.6 Å². The molecule has 132 valence electrons. The van der Waals surface area contributed by atoms with Gasteiger partial charge in [0.1, 0.15) is 0 Å². The van der Waals surface area contributed by atoms with Gasteiger partial charge < -0.3 is 5.73 Å². The summed E-state index contributed by atoms with van der Waals surface area (Å²) in [6, 6.07) is 12.0. The first kappa shape index (κ1) is 19.1. The number of rotatable bonds is 6. The summed E-state index contributed by atoms with van der Waals surface area (Å²) < 4.78 is 26.0. The van der Waals surface area contributed by atoms with Crippen LogP contribution in [0.1, 0.15) is 30.5 Å². The Bertz CT molecular complexity index is 756. The molecule has 0 aliphatic heterocycles. The van der Waals surface area contributed by atoms with Gasteiger partial charge in [0.25, 0.3) is 0 Å². The molecule has 0 heterocycles. The average molecular weight is 362 g/mol. The normalized spacial score (nSPS) is 12.3.